The molecule has 0 saturated carbocycles. The van der Waals surface area contributed by atoms with Crippen molar-refractivity contribution in [2.24, 2.45) is 5.73 Å². The van der Waals surface area contributed by atoms with E-state index in [9.17, 15) is 30.4 Å². The van der Waals surface area contributed by atoms with Crippen molar-refractivity contribution in [2.45, 2.75) is 55.8 Å². The third-order valence-corrected chi connectivity index (χ3v) is 8.79. The fourth-order valence-corrected chi connectivity index (χ4v) is 6.45. The number of aromatic nitrogens is 2. The Morgan fingerprint density at radius 3 is 2.24 bits per heavy atom. The second kappa shape index (κ2) is 7.58. The van der Waals surface area contributed by atoms with Crippen molar-refractivity contribution >= 4 is 15.8 Å². The zero-order valence-electron chi connectivity index (χ0n) is 18.1. The van der Waals surface area contributed by atoms with Crippen LogP contribution in [0.4, 0.5) is 27.9 Å². The highest BCUT2D eigenvalue weighted by Crippen LogP contribution is 2.46. The van der Waals surface area contributed by atoms with E-state index in [4.69, 9.17) is 5.73 Å². The lowest BCUT2D eigenvalue weighted by Crippen LogP contribution is -2.56. The zero-order valence-corrected chi connectivity index (χ0v) is 18.9. The quantitative estimate of drug-likeness (QED) is 0.645. The number of nitrogens with zero attached hydrogens (tertiary/aromatic N) is 3. The molecule has 5 rings (SSSR count). The van der Waals surface area contributed by atoms with Crippen molar-refractivity contribution in [1.82, 2.24) is 9.97 Å². The Morgan fingerprint density at radius 1 is 1.03 bits per heavy atom. The van der Waals surface area contributed by atoms with Crippen LogP contribution in [0.3, 0.4) is 0 Å². The standard InChI is InChI=1S/C22H23F5N4O2S/c23-21(24)7-5-15-17(29-19(30-18(15)21)31-10-6-16(31)22(25,26)27)13-1-3-14(4-2-13)20(28)8-11-34(32,33)12-9-20/h1-4,16H,5-12,28H2/t16-/m1/s1. The molecule has 1 aliphatic carbocycles. The summed E-state index contributed by atoms with van der Waals surface area (Å²) in [5.41, 5.74) is 6.72. The molecule has 1 aromatic carbocycles. The third kappa shape index (κ3) is 3.94. The molecule has 3 aliphatic rings. The summed E-state index contributed by atoms with van der Waals surface area (Å²) in [6.45, 7) is 0.0332. The van der Waals surface area contributed by atoms with E-state index < -0.39 is 45.6 Å². The molecule has 2 aliphatic heterocycles. The van der Waals surface area contributed by atoms with Crippen molar-refractivity contribution < 1.29 is 30.4 Å². The molecule has 2 fully saturated rings. The van der Waals surface area contributed by atoms with Crippen LogP contribution in [0.2, 0.25) is 0 Å². The van der Waals surface area contributed by atoms with Crippen molar-refractivity contribution in [3.63, 3.8) is 0 Å². The van der Waals surface area contributed by atoms with E-state index in [1.807, 2.05) is 0 Å². The van der Waals surface area contributed by atoms with Crippen LogP contribution >= 0.6 is 0 Å². The van der Waals surface area contributed by atoms with Gasteiger partial charge in [-0.1, -0.05) is 24.3 Å². The monoisotopic (exact) mass is 502 g/mol. The lowest BCUT2D eigenvalue weighted by Gasteiger charge is -2.42. The Balaban J connectivity index is 1.52. The van der Waals surface area contributed by atoms with Gasteiger partial charge < -0.3 is 10.6 Å². The summed E-state index contributed by atoms with van der Waals surface area (Å²) in [4.78, 5) is 9.12. The predicted molar refractivity (Wildman–Crippen MR) is 115 cm³/mol. The number of alkyl halides is 5. The van der Waals surface area contributed by atoms with E-state index in [0.717, 1.165) is 4.90 Å². The number of hydrogen-bond acceptors (Lipinski definition) is 6. The largest absolute Gasteiger partial charge is 0.408 e. The SMILES string of the molecule is NC1(c2ccc(-c3nc(N4CC[C@@H]4C(F)(F)F)nc4c3CCC4(F)F)cc2)CCS(=O)(=O)CC1. The Hall–Kier alpha value is -2.34. The normalized spacial score (nSPS) is 25.0. The molecule has 12 heteroatoms. The van der Waals surface area contributed by atoms with Gasteiger partial charge in [0.05, 0.1) is 17.2 Å². The summed E-state index contributed by atoms with van der Waals surface area (Å²) in [5.74, 6) is -3.62. The van der Waals surface area contributed by atoms with E-state index in [1.54, 1.807) is 24.3 Å². The van der Waals surface area contributed by atoms with Crippen molar-refractivity contribution in [1.29, 1.82) is 0 Å². The number of nitrogens with two attached hydrogens (primary N) is 1. The minimum atomic E-state index is -4.51. The average Bonchev–Trinajstić information content (AvgIpc) is 3.03. The van der Waals surface area contributed by atoms with Gasteiger partial charge in [0.2, 0.25) is 5.95 Å². The zero-order chi connectivity index (χ0) is 24.5. The maximum atomic E-state index is 14.6. The fourth-order valence-electron chi connectivity index (χ4n) is 4.90. The maximum absolute atomic E-state index is 14.6. The Labute approximate surface area is 193 Å². The lowest BCUT2D eigenvalue weighted by molar-refractivity contribution is -0.160. The molecule has 3 heterocycles. The van der Waals surface area contributed by atoms with Gasteiger partial charge in [-0.05, 0) is 31.2 Å². The number of halogens is 5. The molecule has 2 saturated heterocycles. The first kappa shape index (κ1) is 23.4. The molecular weight excluding hydrogens is 479 g/mol. The van der Waals surface area contributed by atoms with Crippen LogP contribution in [-0.2, 0) is 27.7 Å². The summed E-state index contributed by atoms with van der Waals surface area (Å²) in [6.07, 6.45) is -4.58. The maximum Gasteiger partial charge on any atom is 0.408 e. The van der Waals surface area contributed by atoms with Gasteiger partial charge in [-0.25, -0.2) is 18.4 Å². The first-order valence-electron chi connectivity index (χ1n) is 11.0. The number of anilines is 1. The molecule has 1 aromatic heterocycles. The van der Waals surface area contributed by atoms with Gasteiger partial charge in [0.25, 0.3) is 5.92 Å². The van der Waals surface area contributed by atoms with E-state index in [2.05, 4.69) is 9.97 Å². The van der Waals surface area contributed by atoms with Gasteiger partial charge in [0.15, 0.2) is 0 Å². The number of fused-ring (bicyclic) bond motifs is 1. The molecule has 1 atom stereocenters. The Morgan fingerprint density at radius 2 is 1.68 bits per heavy atom. The molecule has 2 N–H and O–H groups in total. The second-order valence-corrected chi connectivity index (χ2v) is 11.6. The number of benzene rings is 1. The number of sulfone groups is 1. The number of hydrogen-bond donors (Lipinski definition) is 1. The lowest BCUT2D eigenvalue weighted by atomic mass is 9.85. The minimum absolute atomic E-state index is 0.0146. The smallest absolute Gasteiger partial charge is 0.329 e. The van der Waals surface area contributed by atoms with E-state index in [1.165, 1.54) is 0 Å². The Bertz CT molecular complexity index is 1220. The van der Waals surface area contributed by atoms with Gasteiger partial charge in [0.1, 0.15) is 21.6 Å². The number of rotatable bonds is 3. The molecule has 0 bridgehead atoms. The Kier molecular flexibility index (Phi) is 5.22. The minimum Gasteiger partial charge on any atom is -0.329 e. The van der Waals surface area contributed by atoms with Gasteiger partial charge in [-0.2, -0.15) is 22.0 Å². The second-order valence-electron chi connectivity index (χ2n) is 9.33. The van der Waals surface area contributed by atoms with Gasteiger partial charge in [-0.3, -0.25) is 0 Å². The average molecular weight is 503 g/mol. The van der Waals surface area contributed by atoms with Gasteiger partial charge in [0, 0.05) is 29.6 Å². The summed E-state index contributed by atoms with van der Waals surface area (Å²) < 4.78 is 92.5. The topological polar surface area (TPSA) is 89.2 Å². The van der Waals surface area contributed by atoms with Crippen LogP contribution in [-0.4, -0.2) is 48.7 Å². The molecule has 0 amide bonds. The van der Waals surface area contributed by atoms with Crippen molar-refractivity contribution in [3.05, 3.63) is 41.1 Å². The van der Waals surface area contributed by atoms with Crippen LogP contribution in [0.5, 0.6) is 0 Å². The highest BCUT2D eigenvalue weighted by molar-refractivity contribution is 7.91. The molecule has 184 valence electrons. The third-order valence-electron chi connectivity index (χ3n) is 7.14. The first-order chi connectivity index (χ1) is 15.8. The predicted octanol–water partition coefficient (Wildman–Crippen LogP) is 3.69. The summed E-state index contributed by atoms with van der Waals surface area (Å²) in [6, 6.07) is 4.91. The molecule has 6 nitrogen and oxygen atoms in total. The fraction of sp³-hybridized carbons (Fsp3) is 0.545. The highest BCUT2D eigenvalue weighted by Gasteiger charge is 2.51. The first-order valence-corrected chi connectivity index (χ1v) is 12.8. The van der Waals surface area contributed by atoms with E-state index in [0.29, 0.717) is 11.1 Å². The van der Waals surface area contributed by atoms with E-state index in [-0.39, 0.29) is 60.9 Å². The summed E-state index contributed by atoms with van der Waals surface area (Å²) in [5, 5.41) is 0. The molecule has 0 radical (unpaired) electrons. The van der Waals surface area contributed by atoms with Crippen LogP contribution in [0.15, 0.2) is 24.3 Å². The van der Waals surface area contributed by atoms with Crippen molar-refractivity contribution in [3.8, 4) is 11.3 Å². The molecule has 2 aromatic rings. The molecule has 34 heavy (non-hydrogen) atoms. The molecule has 0 spiro atoms. The van der Waals surface area contributed by atoms with Gasteiger partial charge in [-0.15, -0.1) is 0 Å². The van der Waals surface area contributed by atoms with Crippen molar-refractivity contribution in [2.75, 3.05) is 23.0 Å². The molecule has 0 unspecified atom stereocenters. The van der Waals surface area contributed by atoms with E-state index >= 15 is 0 Å². The summed E-state index contributed by atoms with van der Waals surface area (Å²) >= 11 is 0. The van der Waals surface area contributed by atoms with Crippen LogP contribution in [0, 0.1) is 0 Å². The highest BCUT2D eigenvalue weighted by atomic mass is 32.2. The van der Waals surface area contributed by atoms with Crippen LogP contribution in [0.25, 0.3) is 11.3 Å². The van der Waals surface area contributed by atoms with Gasteiger partial charge >= 0.3 is 6.18 Å². The van der Waals surface area contributed by atoms with Crippen LogP contribution < -0.4 is 10.6 Å². The molecular formula is C22H23F5N4O2S. The summed E-state index contributed by atoms with van der Waals surface area (Å²) in [7, 11) is -3.11. The van der Waals surface area contributed by atoms with Crippen LogP contribution in [0.1, 0.15) is 42.5 Å².